The van der Waals surface area contributed by atoms with Gasteiger partial charge >= 0.3 is 5.63 Å². The fourth-order valence-electron chi connectivity index (χ4n) is 4.88. The molecule has 7 heteroatoms. The molecule has 2 amide bonds. The van der Waals surface area contributed by atoms with Crippen molar-refractivity contribution in [3.8, 4) is 5.75 Å². The molecular weight excluding hydrogens is 432 g/mol. The van der Waals surface area contributed by atoms with Crippen molar-refractivity contribution in [1.82, 2.24) is 5.32 Å². The summed E-state index contributed by atoms with van der Waals surface area (Å²) in [6.45, 7) is 6.27. The molecule has 1 atom stereocenters. The minimum absolute atomic E-state index is 0.0582. The molecule has 2 aliphatic heterocycles. The average Bonchev–Trinajstić information content (AvgIpc) is 3.10. The lowest BCUT2D eigenvalue weighted by molar-refractivity contribution is -0.121. The van der Waals surface area contributed by atoms with Crippen LogP contribution in [0, 0.1) is 6.92 Å². The highest BCUT2D eigenvalue weighted by Gasteiger charge is 2.30. The molecule has 0 saturated heterocycles. The van der Waals surface area contributed by atoms with Crippen molar-refractivity contribution < 1.29 is 18.7 Å². The summed E-state index contributed by atoms with van der Waals surface area (Å²) in [7, 11) is 0. The van der Waals surface area contributed by atoms with Gasteiger partial charge in [0.1, 0.15) is 16.9 Å². The SMILES string of the molecule is Cc1c(CC(=O)NCCC2C(=O)Nc3ccccc32)c(=O)oc2cc3c(cc12)CCC(C)(C)O3. The molecule has 0 spiro atoms. The second-order valence-electron chi connectivity index (χ2n) is 9.76. The number of aryl methyl sites for hydroxylation is 2. The van der Waals surface area contributed by atoms with Crippen LogP contribution in [0.2, 0.25) is 0 Å². The first kappa shape index (κ1) is 22.2. The lowest BCUT2D eigenvalue weighted by Crippen LogP contribution is -2.32. The van der Waals surface area contributed by atoms with Gasteiger partial charge in [-0.05, 0) is 68.9 Å². The largest absolute Gasteiger partial charge is 0.487 e. The zero-order valence-corrected chi connectivity index (χ0v) is 19.6. The van der Waals surface area contributed by atoms with Gasteiger partial charge in [-0.1, -0.05) is 18.2 Å². The summed E-state index contributed by atoms with van der Waals surface area (Å²) >= 11 is 0. The van der Waals surface area contributed by atoms with E-state index in [1.54, 1.807) is 6.07 Å². The first-order chi connectivity index (χ1) is 16.2. The number of benzene rings is 2. The van der Waals surface area contributed by atoms with Crippen molar-refractivity contribution in [3.63, 3.8) is 0 Å². The van der Waals surface area contributed by atoms with Gasteiger partial charge < -0.3 is 19.8 Å². The molecule has 3 heterocycles. The highest BCUT2D eigenvalue weighted by Crippen LogP contribution is 2.37. The number of hydrogen-bond donors (Lipinski definition) is 2. The lowest BCUT2D eigenvalue weighted by atomic mass is 9.92. The molecule has 0 radical (unpaired) electrons. The third kappa shape index (κ3) is 4.06. The normalized spacial score (nSPS) is 18.1. The Bertz CT molecular complexity index is 1370. The Labute approximate surface area is 197 Å². The van der Waals surface area contributed by atoms with E-state index in [1.807, 2.05) is 51.1 Å². The van der Waals surface area contributed by atoms with Gasteiger partial charge in [0, 0.05) is 23.7 Å². The van der Waals surface area contributed by atoms with Crippen LogP contribution in [0.1, 0.15) is 54.9 Å². The number of hydrogen-bond acceptors (Lipinski definition) is 5. The van der Waals surface area contributed by atoms with E-state index in [4.69, 9.17) is 9.15 Å². The molecule has 0 fully saturated rings. The number of para-hydroxylation sites is 1. The van der Waals surface area contributed by atoms with Crippen molar-refractivity contribution >= 4 is 28.5 Å². The van der Waals surface area contributed by atoms with E-state index in [2.05, 4.69) is 10.6 Å². The number of fused-ring (bicyclic) bond motifs is 3. The maximum Gasteiger partial charge on any atom is 0.340 e. The Morgan fingerprint density at radius 2 is 2.00 bits per heavy atom. The molecule has 1 aromatic heterocycles. The van der Waals surface area contributed by atoms with Gasteiger partial charge in [0.05, 0.1) is 17.9 Å². The molecule has 5 rings (SSSR count). The van der Waals surface area contributed by atoms with E-state index in [1.165, 1.54) is 0 Å². The van der Waals surface area contributed by atoms with Crippen LogP contribution in [-0.4, -0.2) is 24.0 Å². The summed E-state index contributed by atoms with van der Waals surface area (Å²) in [6, 6.07) is 11.4. The topological polar surface area (TPSA) is 97.6 Å². The molecule has 3 aromatic rings. The van der Waals surface area contributed by atoms with Crippen molar-refractivity contribution in [2.45, 2.75) is 58.0 Å². The van der Waals surface area contributed by atoms with Gasteiger partial charge in [0.15, 0.2) is 0 Å². The molecule has 0 bridgehead atoms. The van der Waals surface area contributed by atoms with Gasteiger partial charge in [-0.25, -0.2) is 4.79 Å². The number of nitrogens with one attached hydrogen (secondary N) is 2. The summed E-state index contributed by atoms with van der Waals surface area (Å²) in [6.07, 6.45) is 2.20. The maximum atomic E-state index is 12.7. The molecule has 2 aromatic carbocycles. The average molecular weight is 461 g/mol. The molecule has 2 aliphatic rings. The number of carbonyl (C=O) groups excluding carboxylic acids is 2. The molecule has 7 nitrogen and oxygen atoms in total. The Morgan fingerprint density at radius 3 is 2.82 bits per heavy atom. The van der Waals surface area contributed by atoms with Gasteiger partial charge in [-0.15, -0.1) is 0 Å². The highest BCUT2D eigenvalue weighted by molar-refractivity contribution is 6.02. The minimum atomic E-state index is -0.515. The van der Waals surface area contributed by atoms with E-state index in [0.717, 1.165) is 46.4 Å². The molecule has 1 unspecified atom stereocenters. The second kappa shape index (κ2) is 8.31. The van der Waals surface area contributed by atoms with E-state index >= 15 is 0 Å². The highest BCUT2D eigenvalue weighted by atomic mass is 16.5. The fourth-order valence-corrected chi connectivity index (χ4v) is 4.88. The summed E-state index contributed by atoms with van der Waals surface area (Å²) < 4.78 is 11.6. The maximum absolute atomic E-state index is 12.7. The minimum Gasteiger partial charge on any atom is -0.487 e. The summed E-state index contributed by atoms with van der Waals surface area (Å²) in [5.74, 6) is 0.123. The van der Waals surface area contributed by atoms with Gasteiger partial charge in [-0.3, -0.25) is 9.59 Å². The summed E-state index contributed by atoms with van der Waals surface area (Å²) in [5.41, 5.74) is 3.65. The van der Waals surface area contributed by atoms with Crippen LogP contribution in [0.4, 0.5) is 5.69 Å². The number of amides is 2. The van der Waals surface area contributed by atoms with Gasteiger partial charge in [0.2, 0.25) is 11.8 Å². The van der Waals surface area contributed by atoms with Crippen LogP contribution >= 0.6 is 0 Å². The molecule has 34 heavy (non-hydrogen) atoms. The van der Waals surface area contributed by atoms with E-state index in [0.29, 0.717) is 24.1 Å². The summed E-state index contributed by atoms with van der Waals surface area (Å²) in [5, 5.41) is 6.54. The zero-order chi connectivity index (χ0) is 24.0. The number of rotatable bonds is 5. The van der Waals surface area contributed by atoms with E-state index in [-0.39, 0.29) is 29.8 Å². The van der Waals surface area contributed by atoms with Gasteiger partial charge in [-0.2, -0.15) is 0 Å². The molecular formula is C27H28N2O5. The Kier molecular flexibility index (Phi) is 5.42. The first-order valence-electron chi connectivity index (χ1n) is 11.7. The smallest absolute Gasteiger partial charge is 0.340 e. The van der Waals surface area contributed by atoms with Crippen LogP contribution in [0.3, 0.4) is 0 Å². The zero-order valence-electron chi connectivity index (χ0n) is 19.6. The van der Waals surface area contributed by atoms with Crippen LogP contribution < -0.4 is 21.0 Å². The third-order valence-electron chi connectivity index (χ3n) is 6.85. The molecule has 176 valence electrons. The summed E-state index contributed by atoms with van der Waals surface area (Å²) in [4.78, 5) is 37.6. The second-order valence-corrected chi connectivity index (χ2v) is 9.76. The van der Waals surface area contributed by atoms with Crippen molar-refractivity contribution in [3.05, 3.63) is 69.1 Å². The van der Waals surface area contributed by atoms with Crippen LogP contribution in [0.15, 0.2) is 45.6 Å². The predicted octanol–water partition coefficient (Wildman–Crippen LogP) is 3.99. The van der Waals surface area contributed by atoms with E-state index < -0.39 is 5.63 Å². The molecule has 0 saturated carbocycles. The quantitative estimate of drug-likeness (QED) is 0.561. The van der Waals surface area contributed by atoms with Crippen molar-refractivity contribution in [2.24, 2.45) is 0 Å². The number of carbonyl (C=O) groups is 2. The number of ether oxygens (including phenoxy) is 1. The first-order valence-corrected chi connectivity index (χ1v) is 11.7. The standard InChI is InChI=1S/C27H28N2O5/c1-15-19-12-16-8-10-27(2,3)34-22(16)14-23(19)33-26(32)20(15)13-24(30)28-11-9-18-17-6-4-5-7-21(17)29-25(18)31/h4-7,12,14,18H,8-11,13H2,1-3H3,(H,28,30)(H,29,31). The Morgan fingerprint density at radius 1 is 1.21 bits per heavy atom. The van der Waals surface area contributed by atoms with Gasteiger partial charge in [0.25, 0.3) is 0 Å². The lowest BCUT2D eigenvalue weighted by Gasteiger charge is -2.32. The van der Waals surface area contributed by atoms with Crippen molar-refractivity contribution in [1.29, 1.82) is 0 Å². The monoisotopic (exact) mass is 460 g/mol. The van der Waals surface area contributed by atoms with Crippen LogP contribution in [-0.2, 0) is 22.4 Å². The molecule has 0 aliphatic carbocycles. The Balaban J connectivity index is 1.29. The van der Waals surface area contributed by atoms with E-state index in [9.17, 15) is 14.4 Å². The fraction of sp³-hybridized carbons (Fsp3) is 0.370. The van der Waals surface area contributed by atoms with Crippen LogP contribution in [0.25, 0.3) is 11.0 Å². The van der Waals surface area contributed by atoms with Crippen molar-refractivity contribution in [2.75, 3.05) is 11.9 Å². The number of anilines is 1. The van der Waals surface area contributed by atoms with Crippen LogP contribution in [0.5, 0.6) is 5.75 Å². The third-order valence-corrected chi connectivity index (χ3v) is 6.85. The molecule has 2 N–H and O–H groups in total. The predicted molar refractivity (Wildman–Crippen MR) is 129 cm³/mol. The Hall–Kier alpha value is -3.61.